The fourth-order valence-corrected chi connectivity index (χ4v) is 3.57. The zero-order valence-corrected chi connectivity index (χ0v) is 17.4. The normalized spacial score (nSPS) is 16.0. The van der Waals surface area contributed by atoms with Crippen molar-refractivity contribution in [3.63, 3.8) is 0 Å². The number of ether oxygens (including phenoxy) is 1. The Balaban J connectivity index is 1.57. The number of carbonyl (C=O) groups excluding carboxylic acids is 3. The summed E-state index contributed by atoms with van der Waals surface area (Å²) in [4.78, 5) is 39.2. The van der Waals surface area contributed by atoms with E-state index in [4.69, 9.17) is 4.74 Å². The van der Waals surface area contributed by atoms with Crippen LogP contribution in [-0.4, -0.2) is 36.6 Å². The van der Waals surface area contributed by atoms with Gasteiger partial charge in [-0.1, -0.05) is 50.2 Å². The maximum Gasteiger partial charge on any atom is 0.329 e. The lowest BCUT2D eigenvalue weighted by Crippen LogP contribution is -2.48. The van der Waals surface area contributed by atoms with Crippen LogP contribution in [0.3, 0.4) is 0 Å². The molecule has 158 valence electrons. The van der Waals surface area contributed by atoms with E-state index in [0.717, 1.165) is 17.7 Å². The maximum absolute atomic E-state index is 12.7. The third-order valence-electron chi connectivity index (χ3n) is 5.05. The Hall–Kier alpha value is -3.35. The summed E-state index contributed by atoms with van der Waals surface area (Å²) in [5.41, 5.74) is 2.57. The lowest BCUT2D eigenvalue weighted by molar-refractivity contribution is -0.150. The van der Waals surface area contributed by atoms with Crippen molar-refractivity contribution in [2.45, 2.75) is 39.3 Å². The molecule has 0 saturated heterocycles. The summed E-state index contributed by atoms with van der Waals surface area (Å²) >= 11 is 0. The van der Waals surface area contributed by atoms with Gasteiger partial charge >= 0.3 is 12.0 Å². The van der Waals surface area contributed by atoms with Gasteiger partial charge in [0.05, 0.1) is 0 Å². The van der Waals surface area contributed by atoms with Gasteiger partial charge in [-0.05, 0) is 43.0 Å². The number of esters is 1. The summed E-state index contributed by atoms with van der Waals surface area (Å²) in [6.07, 6.45) is 0.770. The van der Waals surface area contributed by atoms with Gasteiger partial charge in [0.15, 0.2) is 6.61 Å². The summed E-state index contributed by atoms with van der Waals surface area (Å²) in [6.45, 7) is 5.19. The molecule has 0 spiro atoms. The van der Waals surface area contributed by atoms with E-state index < -0.39 is 18.0 Å². The molecule has 0 unspecified atom stereocenters. The lowest BCUT2D eigenvalue weighted by atomic mass is 10.1. The third-order valence-corrected chi connectivity index (χ3v) is 5.05. The first-order valence-electron chi connectivity index (χ1n) is 10.1. The predicted octanol–water partition coefficient (Wildman–Crippen LogP) is 3.35. The number of hydrogen-bond acceptors (Lipinski definition) is 4. The van der Waals surface area contributed by atoms with E-state index in [-0.39, 0.29) is 24.5 Å². The van der Waals surface area contributed by atoms with Crippen molar-refractivity contribution in [3.05, 3.63) is 60.2 Å². The van der Waals surface area contributed by atoms with E-state index in [2.05, 4.69) is 10.6 Å². The van der Waals surface area contributed by atoms with Crippen LogP contribution in [0.4, 0.5) is 16.2 Å². The highest BCUT2D eigenvalue weighted by molar-refractivity contribution is 5.98. The Kier molecular flexibility index (Phi) is 6.72. The van der Waals surface area contributed by atoms with Crippen molar-refractivity contribution in [2.75, 3.05) is 16.8 Å². The third kappa shape index (κ3) is 4.97. The van der Waals surface area contributed by atoms with Gasteiger partial charge < -0.3 is 20.3 Å². The summed E-state index contributed by atoms with van der Waals surface area (Å²) in [5, 5.41) is 5.31. The number of urea groups is 1. The molecule has 2 aromatic carbocycles. The van der Waals surface area contributed by atoms with Gasteiger partial charge in [0.25, 0.3) is 5.91 Å². The second-order valence-corrected chi connectivity index (χ2v) is 7.74. The second-order valence-electron chi connectivity index (χ2n) is 7.74. The molecule has 0 bridgehead atoms. The summed E-state index contributed by atoms with van der Waals surface area (Å²) in [5.74, 6) is -1.13. The Morgan fingerprint density at radius 3 is 2.43 bits per heavy atom. The van der Waals surface area contributed by atoms with E-state index in [1.54, 1.807) is 43.0 Å². The Morgan fingerprint density at radius 1 is 1.07 bits per heavy atom. The van der Waals surface area contributed by atoms with Crippen LogP contribution in [-0.2, 0) is 20.7 Å². The fourth-order valence-electron chi connectivity index (χ4n) is 3.57. The number of nitrogens with one attached hydrogen (secondary N) is 2. The molecule has 0 aliphatic carbocycles. The zero-order chi connectivity index (χ0) is 21.7. The molecule has 2 N–H and O–H groups in total. The van der Waals surface area contributed by atoms with E-state index in [9.17, 15) is 14.4 Å². The average molecular weight is 409 g/mol. The van der Waals surface area contributed by atoms with Crippen molar-refractivity contribution in [1.29, 1.82) is 0 Å². The van der Waals surface area contributed by atoms with Crippen LogP contribution in [0.1, 0.15) is 26.3 Å². The monoisotopic (exact) mass is 409 g/mol. The molecular formula is C23H27N3O4. The molecule has 2 aromatic rings. The number of anilines is 2. The van der Waals surface area contributed by atoms with E-state index in [1.165, 1.54) is 0 Å². The number of amides is 3. The van der Waals surface area contributed by atoms with Crippen LogP contribution in [0.25, 0.3) is 0 Å². The molecule has 7 heteroatoms. The summed E-state index contributed by atoms with van der Waals surface area (Å²) in [6, 6.07) is 15.3. The van der Waals surface area contributed by atoms with Crippen molar-refractivity contribution in [2.24, 2.45) is 5.92 Å². The molecule has 3 rings (SSSR count). The molecule has 1 aliphatic heterocycles. The van der Waals surface area contributed by atoms with E-state index in [1.807, 2.05) is 37.3 Å². The number of carbonyl (C=O) groups is 3. The zero-order valence-electron chi connectivity index (χ0n) is 17.4. The molecule has 0 aromatic heterocycles. The van der Waals surface area contributed by atoms with Gasteiger partial charge in [-0.3, -0.25) is 4.79 Å². The van der Waals surface area contributed by atoms with Crippen LogP contribution in [0.2, 0.25) is 0 Å². The first-order valence-corrected chi connectivity index (χ1v) is 10.1. The minimum absolute atomic E-state index is 0.00396. The van der Waals surface area contributed by atoms with Crippen LogP contribution in [0, 0.1) is 5.92 Å². The highest BCUT2D eigenvalue weighted by Crippen LogP contribution is 2.31. The Morgan fingerprint density at radius 2 is 1.73 bits per heavy atom. The van der Waals surface area contributed by atoms with Crippen molar-refractivity contribution in [3.8, 4) is 0 Å². The highest BCUT2D eigenvalue weighted by Gasteiger charge is 2.32. The lowest BCUT2D eigenvalue weighted by Gasteiger charge is -2.24. The van der Waals surface area contributed by atoms with Gasteiger partial charge in [-0.15, -0.1) is 0 Å². The van der Waals surface area contributed by atoms with Crippen molar-refractivity contribution in [1.82, 2.24) is 5.32 Å². The van der Waals surface area contributed by atoms with Crippen LogP contribution >= 0.6 is 0 Å². The highest BCUT2D eigenvalue weighted by atomic mass is 16.5. The number of fused-ring (bicyclic) bond motifs is 1. The molecule has 2 atom stereocenters. The number of rotatable bonds is 6. The molecule has 30 heavy (non-hydrogen) atoms. The van der Waals surface area contributed by atoms with Gasteiger partial charge in [-0.2, -0.15) is 0 Å². The molecule has 7 nitrogen and oxygen atoms in total. The quantitative estimate of drug-likeness (QED) is 0.716. The second kappa shape index (κ2) is 9.43. The minimum atomic E-state index is -0.871. The average Bonchev–Trinajstić information content (AvgIpc) is 3.06. The fraction of sp³-hybridized carbons (Fsp3) is 0.348. The summed E-state index contributed by atoms with van der Waals surface area (Å²) < 4.78 is 5.28. The van der Waals surface area contributed by atoms with E-state index >= 15 is 0 Å². The molecule has 0 saturated carbocycles. The van der Waals surface area contributed by atoms with Crippen molar-refractivity contribution < 1.29 is 19.1 Å². The number of benzene rings is 2. The smallest absolute Gasteiger partial charge is 0.329 e. The van der Waals surface area contributed by atoms with Gasteiger partial charge in [0.1, 0.15) is 6.04 Å². The minimum Gasteiger partial charge on any atom is -0.454 e. The number of para-hydroxylation sites is 2. The number of hydrogen-bond donors (Lipinski definition) is 2. The predicted molar refractivity (Wildman–Crippen MR) is 115 cm³/mol. The van der Waals surface area contributed by atoms with Crippen molar-refractivity contribution >= 4 is 29.3 Å². The van der Waals surface area contributed by atoms with Crippen LogP contribution in [0.5, 0.6) is 0 Å². The molecular weight excluding hydrogens is 382 g/mol. The first kappa shape index (κ1) is 21.4. The molecule has 0 fully saturated rings. The van der Waals surface area contributed by atoms with Crippen LogP contribution in [0.15, 0.2) is 54.6 Å². The molecule has 0 radical (unpaired) electrons. The van der Waals surface area contributed by atoms with Gasteiger partial charge in [0, 0.05) is 17.4 Å². The standard InChI is InChI=1S/C23H27N3O4/c1-15(2)21(25-23(29)24-18-10-5-4-6-11-18)22(28)30-14-20(27)26-16(3)13-17-9-7-8-12-19(17)26/h4-12,15-16,21H,13-14H2,1-3H3,(H2,24,25,29)/t16-,21+/m1/s1. The van der Waals surface area contributed by atoms with Crippen LogP contribution < -0.4 is 15.5 Å². The SMILES string of the molecule is CC(C)[C@H](NC(=O)Nc1ccccc1)C(=O)OCC(=O)N1c2ccccc2C[C@H]1C. The molecule has 3 amide bonds. The summed E-state index contributed by atoms with van der Waals surface area (Å²) in [7, 11) is 0. The largest absolute Gasteiger partial charge is 0.454 e. The maximum atomic E-state index is 12.7. The van der Waals surface area contributed by atoms with Gasteiger partial charge in [0.2, 0.25) is 0 Å². The Labute approximate surface area is 176 Å². The van der Waals surface area contributed by atoms with E-state index in [0.29, 0.717) is 5.69 Å². The Bertz CT molecular complexity index is 914. The molecule has 1 heterocycles. The first-order chi connectivity index (χ1) is 14.4. The topological polar surface area (TPSA) is 87.7 Å². The number of nitrogens with zero attached hydrogens (tertiary/aromatic N) is 1. The molecule has 1 aliphatic rings. The van der Waals surface area contributed by atoms with Gasteiger partial charge in [-0.25, -0.2) is 9.59 Å².